The molecule has 0 radical (unpaired) electrons. The molecule has 8 heteroatoms. The molecular weight excluding hydrogens is 343 g/mol. The van der Waals surface area contributed by atoms with Crippen LogP contribution in [0.5, 0.6) is 0 Å². The molecular formula is C18H22F3N5. The smallest absolute Gasteiger partial charge is 0.366 e. The van der Waals surface area contributed by atoms with Crippen molar-refractivity contribution in [1.29, 1.82) is 0 Å². The van der Waals surface area contributed by atoms with E-state index in [1.165, 1.54) is 12.1 Å². The highest BCUT2D eigenvalue weighted by atomic mass is 19.4. The lowest BCUT2D eigenvalue weighted by molar-refractivity contribution is -0.137. The fraction of sp³-hybridized carbons (Fsp3) is 0.444. The van der Waals surface area contributed by atoms with E-state index in [1.807, 2.05) is 25.1 Å². The summed E-state index contributed by atoms with van der Waals surface area (Å²) >= 11 is 0. The van der Waals surface area contributed by atoms with Crippen molar-refractivity contribution in [2.75, 3.05) is 37.4 Å². The SMILES string of the molecule is CN(C)c1nccc(NC2CCN(Cc3cccc(C(F)(F)F)c3)C2)n1. The van der Waals surface area contributed by atoms with E-state index in [4.69, 9.17) is 0 Å². The van der Waals surface area contributed by atoms with Crippen LogP contribution in [0.1, 0.15) is 17.5 Å². The number of anilines is 2. The van der Waals surface area contributed by atoms with Gasteiger partial charge in [0, 0.05) is 46.0 Å². The molecule has 0 amide bonds. The van der Waals surface area contributed by atoms with Gasteiger partial charge in [0.15, 0.2) is 0 Å². The lowest BCUT2D eigenvalue weighted by Gasteiger charge is -2.18. The summed E-state index contributed by atoms with van der Waals surface area (Å²) in [6.07, 6.45) is -1.68. The number of nitrogens with zero attached hydrogens (tertiary/aromatic N) is 4. The zero-order valence-corrected chi connectivity index (χ0v) is 14.8. The van der Waals surface area contributed by atoms with Crippen molar-refractivity contribution in [2.45, 2.75) is 25.2 Å². The summed E-state index contributed by atoms with van der Waals surface area (Å²) in [6.45, 7) is 2.10. The molecule has 1 atom stereocenters. The van der Waals surface area contributed by atoms with Gasteiger partial charge in [-0.1, -0.05) is 18.2 Å². The van der Waals surface area contributed by atoms with Gasteiger partial charge >= 0.3 is 6.18 Å². The number of halogens is 3. The first-order valence-electron chi connectivity index (χ1n) is 8.46. The molecule has 1 saturated heterocycles. The average molecular weight is 365 g/mol. The zero-order valence-electron chi connectivity index (χ0n) is 14.8. The van der Waals surface area contributed by atoms with E-state index in [-0.39, 0.29) is 6.04 Å². The molecule has 2 aromatic rings. The van der Waals surface area contributed by atoms with Gasteiger partial charge in [-0.05, 0) is 24.1 Å². The fourth-order valence-electron chi connectivity index (χ4n) is 3.05. The highest BCUT2D eigenvalue weighted by Crippen LogP contribution is 2.30. The molecule has 0 bridgehead atoms. The number of aromatic nitrogens is 2. The Bertz CT molecular complexity index is 748. The van der Waals surface area contributed by atoms with Gasteiger partial charge in [0.05, 0.1) is 5.56 Å². The summed E-state index contributed by atoms with van der Waals surface area (Å²) in [4.78, 5) is 12.6. The van der Waals surface area contributed by atoms with Crippen LogP contribution in [-0.2, 0) is 12.7 Å². The van der Waals surface area contributed by atoms with Crippen molar-refractivity contribution < 1.29 is 13.2 Å². The van der Waals surface area contributed by atoms with Crippen molar-refractivity contribution in [2.24, 2.45) is 0 Å². The van der Waals surface area contributed by atoms with Crippen LogP contribution in [0.2, 0.25) is 0 Å². The molecule has 1 aromatic carbocycles. The Balaban J connectivity index is 1.58. The fourth-order valence-corrected chi connectivity index (χ4v) is 3.05. The molecule has 1 unspecified atom stereocenters. The minimum Gasteiger partial charge on any atom is -0.366 e. The number of hydrogen-bond acceptors (Lipinski definition) is 5. The van der Waals surface area contributed by atoms with Gasteiger partial charge in [-0.25, -0.2) is 4.98 Å². The lowest BCUT2D eigenvalue weighted by Crippen LogP contribution is -2.26. The standard InChI is InChI=1S/C18H22F3N5/c1-25(2)17-22-8-6-16(24-17)23-15-7-9-26(12-15)11-13-4-3-5-14(10-13)18(19,20)21/h3-6,8,10,15H,7,9,11-12H2,1-2H3,(H,22,23,24). The van der Waals surface area contributed by atoms with Crippen molar-refractivity contribution in [1.82, 2.24) is 14.9 Å². The number of alkyl halides is 3. The van der Waals surface area contributed by atoms with E-state index in [1.54, 1.807) is 12.3 Å². The number of hydrogen-bond donors (Lipinski definition) is 1. The largest absolute Gasteiger partial charge is 0.416 e. The van der Waals surface area contributed by atoms with E-state index in [9.17, 15) is 13.2 Å². The first kappa shape index (κ1) is 18.4. The van der Waals surface area contributed by atoms with Gasteiger partial charge in [0.2, 0.25) is 5.95 Å². The van der Waals surface area contributed by atoms with E-state index >= 15 is 0 Å². The Morgan fingerprint density at radius 1 is 1.27 bits per heavy atom. The lowest BCUT2D eigenvalue weighted by atomic mass is 10.1. The normalized spacial score (nSPS) is 18.1. The van der Waals surface area contributed by atoms with Gasteiger partial charge in [-0.15, -0.1) is 0 Å². The van der Waals surface area contributed by atoms with Crippen molar-refractivity contribution in [3.63, 3.8) is 0 Å². The van der Waals surface area contributed by atoms with Gasteiger partial charge in [-0.2, -0.15) is 18.2 Å². The summed E-state index contributed by atoms with van der Waals surface area (Å²) < 4.78 is 38.5. The average Bonchev–Trinajstić information content (AvgIpc) is 3.01. The minimum atomic E-state index is -4.30. The van der Waals surface area contributed by atoms with Crippen molar-refractivity contribution in [3.8, 4) is 0 Å². The third kappa shape index (κ3) is 4.63. The van der Waals surface area contributed by atoms with Crippen LogP contribution in [0, 0.1) is 0 Å². The first-order chi connectivity index (χ1) is 12.3. The predicted octanol–water partition coefficient (Wildman–Crippen LogP) is 3.25. The maximum absolute atomic E-state index is 12.8. The maximum atomic E-state index is 12.8. The summed E-state index contributed by atoms with van der Waals surface area (Å²) in [6, 6.07) is 7.58. The summed E-state index contributed by atoms with van der Waals surface area (Å²) in [5.41, 5.74) is 0.0819. The number of nitrogens with one attached hydrogen (secondary N) is 1. The quantitative estimate of drug-likeness (QED) is 0.881. The molecule has 3 rings (SSSR count). The van der Waals surface area contributed by atoms with E-state index in [2.05, 4.69) is 20.2 Å². The third-order valence-corrected chi connectivity index (χ3v) is 4.33. The molecule has 140 valence electrons. The molecule has 2 heterocycles. The van der Waals surface area contributed by atoms with Crippen LogP contribution in [0.3, 0.4) is 0 Å². The van der Waals surface area contributed by atoms with Gasteiger partial charge in [0.25, 0.3) is 0 Å². The topological polar surface area (TPSA) is 44.3 Å². The molecule has 1 aromatic heterocycles. The highest BCUT2D eigenvalue weighted by Gasteiger charge is 2.30. The van der Waals surface area contributed by atoms with E-state index in [0.717, 1.165) is 31.4 Å². The molecule has 5 nitrogen and oxygen atoms in total. The highest BCUT2D eigenvalue weighted by molar-refractivity contribution is 5.41. The van der Waals surface area contributed by atoms with E-state index < -0.39 is 11.7 Å². The summed E-state index contributed by atoms with van der Waals surface area (Å²) in [7, 11) is 3.76. The molecule has 1 aliphatic rings. The number of benzene rings is 1. The maximum Gasteiger partial charge on any atom is 0.416 e. The molecule has 0 aliphatic carbocycles. The second kappa shape index (κ2) is 7.49. The monoisotopic (exact) mass is 365 g/mol. The number of rotatable bonds is 5. The Morgan fingerprint density at radius 3 is 2.81 bits per heavy atom. The minimum absolute atomic E-state index is 0.214. The Labute approximate surface area is 150 Å². The zero-order chi connectivity index (χ0) is 18.7. The number of likely N-dealkylation sites (tertiary alicyclic amines) is 1. The van der Waals surface area contributed by atoms with E-state index in [0.29, 0.717) is 18.1 Å². The second-order valence-electron chi connectivity index (χ2n) is 6.70. The second-order valence-corrected chi connectivity index (χ2v) is 6.70. The van der Waals surface area contributed by atoms with Gasteiger partial charge in [-0.3, -0.25) is 4.90 Å². The predicted molar refractivity (Wildman–Crippen MR) is 95.1 cm³/mol. The third-order valence-electron chi connectivity index (χ3n) is 4.33. The van der Waals surface area contributed by atoms with Crippen molar-refractivity contribution in [3.05, 3.63) is 47.7 Å². The summed E-state index contributed by atoms with van der Waals surface area (Å²) in [5, 5.41) is 3.39. The molecule has 0 spiro atoms. The van der Waals surface area contributed by atoms with Crippen LogP contribution < -0.4 is 10.2 Å². The molecule has 1 aliphatic heterocycles. The van der Waals surface area contributed by atoms with Crippen LogP contribution in [0.25, 0.3) is 0 Å². The van der Waals surface area contributed by atoms with Gasteiger partial charge < -0.3 is 10.2 Å². The van der Waals surface area contributed by atoms with Crippen LogP contribution >= 0.6 is 0 Å². The van der Waals surface area contributed by atoms with Gasteiger partial charge in [0.1, 0.15) is 5.82 Å². The Hall–Kier alpha value is -2.35. The first-order valence-corrected chi connectivity index (χ1v) is 8.46. The summed E-state index contributed by atoms with van der Waals surface area (Å²) in [5.74, 6) is 1.39. The molecule has 1 N–H and O–H groups in total. The molecule has 0 saturated carbocycles. The molecule has 1 fully saturated rings. The van der Waals surface area contributed by atoms with Crippen LogP contribution in [0.4, 0.5) is 24.9 Å². The Morgan fingerprint density at radius 2 is 2.08 bits per heavy atom. The van der Waals surface area contributed by atoms with Crippen molar-refractivity contribution >= 4 is 11.8 Å². The molecule has 26 heavy (non-hydrogen) atoms. The van der Waals surface area contributed by atoms with Crippen LogP contribution in [0.15, 0.2) is 36.5 Å². The van der Waals surface area contributed by atoms with Crippen LogP contribution in [-0.4, -0.2) is 48.1 Å². The Kier molecular flexibility index (Phi) is 5.31.